The molecule has 0 spiro atoms. The van der Waals surface area contributed by atoms with E-state index in [0.29, 0.717) is 24.3 Å². The van der Waals surface area contributed by atoms with E-state index in [-0.39, 0.29) is 24.2 Å². The van der Waals surface area contributed by atoms with E-state index in [1.807, 2.05) is 30.3 Å². The number of unbranched alkanes of at least 4 members (excludes halogenated alkanes) is 5. The van der Waals surface area contributed by atoms with Crippen LogP contribution in [0.15, 0.2) is 73.1 Å². The number of benzene rings is 2. The molecule has 0 radical (unpaired) electrons. The summed E-state index contributed by atoms with van der Waals surface area (Å²) in [4.78, 5) is 27.2. The normalized spacial score (nSPS) is 10.1. The number of amides is 1. The molecule has 0 saturated carbocycles. The van der Waals surface area contributed by atoms with Crippen molar-refractivity contribution >= 4 is 11.9 Å². The highest BCUT2D eigenvalue weighted by Gasteiger charge is 2.07. The lowest BCUT2D eigenvalue weighted by molar-refractivity contribution is -0.121. The van der Waals surface area contributed by atoms with Gasteiger partial charge in [-0.25, -0.2) is 4.79 Å². The van der Waals surface area contributed by atoms with E-state index in [9.17, 15) is 14.7 Å². The van der Waals surface area contributed by atoms with Crippen molar-refractivity contribution in [3.8, 4) is 11.5 Å². The summed E-state index contributed by atoms with van der Waals surface area (Å²) >= 11 is 0. The number of methoxy groups -OCH3 is 1. The Morgan fingerprint density at radius 2 is 1.68 bits per heavy atom. The number of hydrogen-bond acceptors (Lipinski definition) is 6. The third kappa shape index (κ3) is 12.1. The molecule has 7 nitrogen and oxygen atoms in total. The van der Waals surface area contributed by atoms with Crippen LogP contribution in [0.25, 0.3) is 0 Å². The number of phenols is 1. The second kappa shape index (κ2) is 17.5. The summed E-state index contributed by atoms with van der Waals surface area (Å²) in [7, 11) is 1.51. The minimum absolute atomic E-state index is 0.0810. The molecule has 0 saturated heterocycles. The van der Waals surface area contributed by atoms with Gasteiger partial charge in [0.05, 0.1) is 12.7 Å². The van der Waals surface area contributed by atoms with Gasteiger partial charge >= 0.3 is 5.97 Å². The lowest BCUT2D eigenvalue weighted by Gasteiger charge is -2.08. The number of nitrogens with zero attached hydrogens (tertiary/aromatic N) is 1. The van der Waals surface area contributed by atoms with Crippen LogP contribution in [0.5, 0.6) is 11.5 Å². The van der Waals surface area contributed by atoms with Crippen molar-refractivity contribution < 1.29 is 24.2 Å². The molecule has 7 heteroatoms. The van der Waals surface area contributed by atoms with Gasteiger partial charge in [0.25, 0.3) is 0 Å². The first-order valence-corrected chi connectivity index (χ1v) is 12.8. The van der Waals surface area contributed by atoms with Crippen LogP contribution in [0, 0.1) is 0 Å². The highest BCUT2D eigenvalue weighted by Crippen LogP contribution is 2.26. The fraction of sp³-hybridized carbons (Fsp3) is 0.367. The summed E-state index contributed by atoms with van der Waals surface area (Å²) in [5, 5.41) is 12.4. The molecule has 0 aliphatic heterocycles. The fourth-order valence-corrected chi connectivity index (χ4v) is 3.48. The number of rotatable bonds is 13. The van der Waals surface area contributed by atoms with Crippen molar-refractivity contribution in [1.82, 2.24) is 10.3 Å². The number of hydrogen-bond donors (Lipinski definition) is 2. The van der Waals surface area contributed by atoms with Crippen molar-refractivity contribution in [3.63, 3.8) is 0 Å². The second-order valence-corrected chi connectivity index (χ2v) is 8.60. The average Bonchev–Trinajstić information content (AvgIpc) is 2.94. The van der Waals surface area contributed by atoms with E-state index in [1.54, 1.807) is 36.5 Å². The lowest BCUT2D eigenvalue weighted by atomic mass is 10.1. The lowest BCUT2D eigenvalue weighted by Crippen LogP contribution is -2.22. The number of pyridine rings is 1. The third-order valence-electron chi connectivity index (χ3n) is 5.60. The first-order chi connectivity index (χ1) is 18.0. The molecule has 0 aliphatic carbocycles. The molecule has 0 aliphatic rings. The van der Waals surface area contributed by atoms with Crippen molar-refractivity contribution in [3.05, 3.63) is 89.7 Å². The molecule has 0 bridgehead atoms. The standard InChI is InChI=1S/C17H27NO3.C13H11NO2/c1-3-4-5-6-7-8-9-17(20)18-13-14-10-11-15(19)16(12-14)21-2;15-13(12-7-4-8-14-9-12)16-10-11-5-2-1-3-6-11/h10-12,19H,3-9,13H2,1-2H3,(H,18,20);1-9H,10H2. The number of carbonyl (C=O) groups excluding carboxylic acids is 2. The predicted molar refractivity (Wildman–Crippen MR) is 144 cm³/mol. The van der Waals surface area contributed by atoms with Gasteiger partial charge < -0.3 is 19.9 Å². The van der Waals surface area contributed by atoms with Gasteiger partial charge in [-0.15, -0.1) is 0 Å². The third-order valence-corrected chi connectivity index (χ3v) is 5.60. The van der Waals surface area contributed by atoms with Crippen LogP contribution in [0.4, 0.5) is 0 Å². The van der Waals surface area contributed by atoms with Crippen molar-refractivity contribution in [1.29, 1.82) is 0 Å². The van der Waals surface area contributed by atoms with Crippen molar-refractivity contribution in [2.24, 2.45) is 0 Å². The van der Waals surface area contributed by atoms with E-state index in [2.05, 4.69) is 17.2 Å². The maximum absolute atomic E-state index is 11.7. The average molecular weight is 507 g/mol. The molecule has 0 atom stereocenters. The maximum atomic E-state index is 11.7. The largest absolute Gasteiger partial charge is 0.504 e. The highest BCUT2D eigenvalue weighted by molar-refractivity contribution is 5.88. The van der Waals surface area contributed by atoms with Gasteiger partial charge in [0.15, 0.2) is 11.5 Å². The van der Waals surface area contributed by atoms with E-state index in [1.165, 1.54) is 39.0 Å². The Morgan fingerprint density at radius 3 is 2.38 bits per heavy atom. The van der Waals surface area contributed by atoms with Gasteiger partial charge in [0.1, 0.15) is 6.61 Å². The van der Waals surface area contributed by atoms with Gasteiger partial charge in [0.2, 0.25) is 5.91 Å². The summed E-state index contributed by atoms with van der Waals surface area (Å²) in [6.45, 7) is 2.95. The van der Waals surface area contributed by atoms with Crippen molar-refractivity contribution in [2.45, 2.75) is 65.0 Å². The van der Waals surface area contributed by atoms with Crippen LogP contribution in [0.1, 0.15) is 73.4 Å². The molecule has 37 heavy (non-hydrogen) atoms. The summed E-state index contributed by atoms with van der Waals surface area (Å²) in [5.74, 6) is 0.270. The summed E-state index contributed by atoms with van der Waals surface area (Å²) in [6.07, 6.45) is 10.8. The summed E-state index contributed by atoms with van der Waals surface area (Å²) in [6, 6.07) is 18.1. The number of carbonyl (C=O) groups is 2. The highest BCUT2D eigenvalue weighted by atomic mass is 16.5. The number of ether oxygens (including phenoxy) is 2. The zero-order valence-corrected chi connectivity index (χ0v) is 21.8. The molecule has 0 unspecified atom stereocenters. The fourth-order valence-electron chi connectivity index (χ4n) is 3.48. The smallest absolute Gasteiger partial charge is 0.340 e. The maximum Gasteiger partial charge on any atom is 0.340 e. The number of aromatic hydroxyl groups is 1. The Kier molecular flexibility index (Phi) is 13.9. The molecule has 2 N–H and O–H groups in total. The molecular weight excluding hydrogens is 468 g/mol. The van der Waals surface area contributed by atoms with Gasteiger partial charge in [0, 0.05) is 25.4 Å². The van der Waals surface area contributed by atoms with Crippen LogP contribution >= 0.6 is 0 Å². The minimum atomic E-state index is -0.350. The van der Waals surface area contributed by atoms with Crippen LogP contribution < -0.4 is 10.1 Å². The first-order valence-electron chi connectivity index (χ1n) is 12.8. The van der Waals surface area contributed by atoms with Gasteiger partial charge in [-0.2, -0.15) is 0 Å². The topological polar surface area (TPSA) is 97.8 Å². The number of phenolic OH excluding ortho intramolecular Hbond substituents is 1. The number of nitrogens with one attached hydrogen (secondary N) is 1. The molecule has 198 valence electrons. The summed E-state index contributed by atoms with van der Waals surface area (Å²) < 4.78 is 10.2. The van der Waals surface area contributed by atoms with E-state index >= 15 is 0 Å². The quantitative estimate of drug-likeness (QED) is 0.211. The SMILES string of the molecule is CCCCCCCCC(=O)NCc1ccc(O)c(OC)c1.O=C(OCc1ccccc1)c1cccnc1. The Morgan fingerprint density at radius 1 is 0.919 bits per heavy atom. The Hall–Kier alpha value is -3.87. The van der Waals surface area contributed by atoms with Crippen LogP contribution in [0.3, 0.4) is 0 Å². The number of esters is 1. The number of aromatic nitrogens is 1. The minimum Gasteiger partial charge on any atom is -0.504 e. The van der Waals surface area contributed by atoms with E-state index < -0.39 is 0 Å². The monoisotopic (exact) mass is 506 g/mol. The Balaban J connectivity index is 0.000000269. The van der Waals surface area contributed by atoms with Gasteiger partial charge in [-0.1, -0.05) is 75.4 Å². The predicted octanol–water partition coefficient (Wildman–Crippen LogP) is 6.21. The van der Waals surface area contributed by atoms with Crippen LogP contribution in [0.2, 0.25) is 0 Å². The molecule has 1 aromatic heterocycles. The zero-order chi connectivity index (χ0) is 26.7. The van der Waals surface area contributed by atoms with Crippen molar-refractivity contribution in [2.75, 3.05) is 7.11 Å². The second-order valence-electron chi connectivity index (χ2n) is 8.60. The molecule has 3 aromatic rings. The van der Waals surface area contributed by atoms with E-state index in [4.69, 9.17) is 9.47 Å². The molecule has 2 aromatic carbocycles. The Bertz CT molecular complexity index is 1060. The molecule has 0 fully saturated rings. The van der Waals surface area contributed by atoms with Gasteiger partial charge in [-0.05, 0) is 41.8 Å². The Labute approximate surface area is 219 Å². The van der Waals surface area contributed by atoms with Crippen LogP contribution in [-0.4, -0.2) is 29.1 Å². The summed E-state index contributed by atoms with van der Waals surface area (Å²) in [5.41, 5.74) is 2.36. The van der Waals surface area contributed by atoms with Gasteiger partial charge in [-0.3, -0.25) is 9.78 Å². The van der Waals surface area contributed by atoms with Crippen LogP contribution in [-0.2, 0) is 22.7 Å². The molecular formula is C30H38N2O5. The van der Waals surface area contributed by atoms with E-state index in [0.717, 1.165) is 24.0 Å². The molecule has 1 heterocycles. The first kappa shape index (κ1) is 29.4. The molecule has 3 rings (SSSR count). The zero-order valence-electron chi connectivity index (χ0n) is 21.8. The molecule has 1 amide bonds.